The highest BCUT2D eigenvalue weighted by atomic mass is 35.5. The Hall–Kier alpha value is -1.52. The van der Waals surface area contributed by atoms with Gasteiger partial charge in [0.2, 0.25) is 0 Å². The van der Waals surface area contributed by atoms with Gasteiger partial charge >= 0.3 is 0 Å². The van der Waals surface area contributed by atoms with E-state index in [1.165, 1.54) is 36.4 Å². The molecular formula is C15H13ClF3N. The minimum absolute atomic E-state index is 0.0813. The predicted octanol–water partition coefficient (Wildman–Crippen LogP) is 4.46. The molecule has 0 heterocycles. The average molecular weight is 300 g/mol. The number of rotatable bonds is 4. The molecule has 0 bridgehead atoms. The summed E-state index contributed by atoms with van der Waals surface area (Å²) in [6.45, 7) is 2.31. The monoisotopic (exact) mass is 299 g/mol. The molecule has 20 heavy (non-hydrogen) atoms. The van der Waals surface area contributed by atoms with Gasteiger partial charge in [0.15, 0.2) is 0 Å². The number of hydrogen-bond acceptors (Lipinski definition) is 1. The van der Waals surface area contributed by atoms with Gasteiger partial charge < -0.3 is 5.32 Å². The molecular weight excluding hydrogens is 287 g/mol. The molecule has 1 atom stereocenters. The van der Waals surface area contributed by atoms with Crippen LogP contribution in [0.4, 0.5) is 13.2 Å². The maximum absolute atomic E-state index is 13.9. The Labute approximate surface area is 120 Å². The van der Waals surface area contributed by atoms with Gasteiger partial charge in [-0.3, -0.25) is 0 Å². The molecule has 2 aromatic rings. The summed E-state index contributed by atoms with van der Waals surface area (Å²) in [4.78, 5) is 0. The molecule has 0 saturated heterocycles. The molecule has 106 valence electrons. The zero-order valence-electron chi connectivity index (χ0n) is 10.8. The number of benzene rings is 2. The molecule has 1 unspecified atom stereocenters. The Kier molecular flexibility index (Phi) is 4.68. The van der Waals surface area contributed by atoms with E-state index in [1.54, 1.807) is 0 Å². The Morgan fingerprint density at radius 3 is 2.25 bits per heavy atom. The zero-order valence-corrected chi connectivity index (χ0v) is 11.5. The minimum atomic E-state index is -0.723. The van der Waals surface area contributed by atoms with E-state index in [1.807, 2.05) is 6.92 Å². The SMILES string of the molecule is CCNC(c1ccc(F)c(Cl)c1)c1c(F)cccc1F. The lowest BCUT2D eigenvalue weighted by Gasteiger charge is -2.20. The zero-order chi connectivity index (χ0) is 14.7. The van der Waals surface area contributed by atoms with Crippen LogP contribution in [0.15, 0.2) is 36.4 Å². The molecule has 5 heteroatoms. The van der Waals surface area contributed by atoms with Crippen molar-refractivity contribution in [1.29, 1.82) is 0 Å². The van der Waals surface area contributed by atoms with Gasteiger partial charge in [-0.05, 0) is 36.4 Å². The van der Waals surface area contributed by atoms with Crippen LogP contribution < -0.4 is 5.32 Å². The standard InChI is InChI=1S/C15H13ClF3N/c1-2-20-15(9-6-7-11(17)10(16)8-9)14-12(18)4-3-5-13(14)19/h3-8,15,20H,2H2,1H3. The second-order valence-corrected chi connectivity index (χ2v) is 4.71. The van der Waals surface area contributed by atoms with Gasteiger partial charge in [-0.25, -0.2) is 13.2 Å². The summed E-state index contributed by atoms with van der Waals surface area (Å²) in [6, 6.07) is 6.97. The normalized spacial score (nSPS) is 12.4. The van der Waals surface area contributed by atoms with Crippen molar-refractivity contribution in [3.8, 4) is 0 Å². The van der Waals surface area contributed by atoms with Gasteiger partial charge in [-0.15, -0.1) is 0 Å². The fraction of sp³-hybridized carbons (Fsp3) is 0.200. The van der Waals surface area contributed by atoms with Crippen LogP contribution in [-0.4, -0.2) is 6.54 Å². The summed E-state index contributed by atoms with van der Waals surface area (Å²) in [5.74, 6) is -1.88. The first-order chi connectivity index (χ1) is 9.54. The first-order valence-electron chi connectivity index (χ1n) is 6.16. The molecule has 0 aliphatic carbocycles. The van der Waals surface area contributed by atoms with E-state index < -0.39 is 23.5 Å². The molecule has 0 spiro atoms. The second kappa shape index (κ2) is 6.29. The fourth-order valence-electron chi connectivity index (χ4n) is 2.07. The van der Waals surface area contributed by atoms with E-state index in [9.17, 15) is 13.2 Å². The molecule has 0 radical (unpaired) electrons. The van der Waals surface area contributed by atoms with Crippen LogP contribution in [0.2, 0.25) is 5.02 Å². The highest BCUT2D eigenvalue weighted by Crippen LogP contribution is 2.29. The van der Waals surface area contributed by atoms with E-state index in [0.29, 0.717) is 12.1 Å². The van der Waals surface area contributed by atoms with E-state index in [-0.39, 0.29) is 10.6 Å². The maximum atomic E-state index is 13.9. The maximum Gasteiger partial charge on any atom is 0.141 e. The fourth-order valence-corrected chi connectivity index (χ4v) is 2.26. The van der Waals surface area contributed by atoms with Crippen LogP contribution >= 0.6 is 11.6 Å². The molecule has 0 fully saturated rings. The Morgan fingerprint density at radius 1 is 1.05 bits per heavy atom. The van der Waals surface area contributed by atoms with Gasteiger partial charge in [0.25, 0.3) is 0 Å². The van der Waals surface area contributed by atoms with Gasteiger partial charge in [0.1, 0.15) is 17.5 Å². The first kappa shape index (κ1) is 14.9. The van der Waals surface area contributed by atoms with Crippen LogP contribution in [0.25, 0.3) is 0 Å². The number of nitrogens with one attached hydrogen (secondary N) is 1. The summed E-state index contributed by atoms with van der Waals surface area (Å²) in [5, 5.41) is 2.90. The first-order valence-corrected chi connectivity index (χ1v) is 6.54. The van der Waals surface area contributed by atoms with Crippen LogP contribution in [-0.2, 0) is 0 Å². The van der Waals surface area contributed by atoms with Crippen LogP contribution in [0.5, 0.6) is 0 Å². The van der Waals surface area contributed by atoms with Gasteiger partial charge in [-0.1, -0.05) is 30.7 Å². The Balaban J connectivity index is 2.53. The summed E-state index contributed by atoms with van der Waals surface area (Å²) in [5.41, 5.74) is 0.402. The van der Waals surface area contributed by atoms with Gasteiger partial charge in [-0.2, -0.15) is 0 Å². The molecule has 2 aromatic carbocycles. The van der Waals surface area contributed by atoms with Crippen molar-refractivity contribution in [1.82, 2.24) is 5.32 Å². The Bertz CT molecular complexity index is 596. The molecule has 0 aromatic heterocycles. The summed E-state index contributed by atoms with van der Waals surface area (Å²) < 4.78 is 41.0. The molecule has 0 amide bonds. The Morgan fingerprint density at radius 2 is 1.70 bits per heavy atom. The molecule has 0 saturated carbocycles. The molecule has 1 nitrogen and oxygen atoms in total. The average Bonchev–Trinajstić information content (AvgIpc) is 2.41. The van der Waals surface area contributed by atoms with E-state index in [4.69, 9.17) is 11.6 Å². The third kappa shape index (κ3) is 2.97. The van der Waals surface area contributed by atoms with Crippen LogP contribution in [0.3, 0.4) is 0 Å². The third-order valence-corrected chi connectivity index (χ3v) is 3.26. The highest BCUT2D eigenvalue weighted by molar-refractivity contribution is 6.30. The topological polar surface area (TPSA) is 12.0 Å². The highest BCUT2D eigenvalue weighted by Gasteiger charge is 2.21. The lowest BCUT2D eigenvalue weighted by molar-refractivity contribution is 0.510. The van der Waals surface area contributed by atoms with Crippen molar-refractivity contribution in [2.75, 3.05) is 6.54 Å². The van der Waals surface area contributed by atoms with Crippen molar-refractivity contribution < 1.29 is 13.2 Å². The quantitative estimate of drug-likeness (QED) is 0.879. The van der Waals surface area contributed by atoms with Crippen LogP contribution in [0.1, 0.15) is 24.1 Å². The molecule has 0 aliphatic heterocycles. The predicted molar refractivity (Wildman–Crippen MR) is 73.3 cm³/mol. The summed E-state index contributed by atoms with van der Waals surface area (Å²) >= 11 is 5.73. The minimum Gasteiger partial charge on any atom is -0.306 e. The van der Waals surface area contributed by atoms with Crippen molar-refractivity contribution >= 4 is 11.6 Å². The van der Waals surface area contributed by atoms with Gasteiger partial charge in [0.05, 0.1) is 11.1 Å². The third-order valence-electron chi connectivity index (χ3n) is 2.97. The summed E-state index contributed by atoms with van der Waals surface area (Å²) in [7, 11) is 0. The lowest BCUT2D eigenvalue weighted by atomic mass is 9.97. The molecule has 1 N–H and O–H groups in total. The smallest absolute Gasteiger partial charge is 0.141 e. The number of halogens is 4. The molecule has 0 aliphatic rings. The number of hydrogen-bond donors (Lipinski definition) is 1. The van der Waals surface area contributed by atoms with E-state index >= 15 is 0 Å². The van der Waals surface area contributed by atoms with E-state index in [0.717, 1.165) is 0 Å². The van der Waals surface area contributed by atoms with Crippen molar-refractivity contribution in [2.24, 2.45) is 0 Å². The van der Waals surface area contributed by atoms with E-state index in [2.05, 4.69) is 5.32 Å². The van der Waals surface area contributed by atoms with Crippen molar-refractivity contribution in [2.45, 2.75) is 13.0 Å². The lowest BCUT2D eigenvalue weighted by Crippen LogP contribution is -2.24. The molecule has 2 rings (SSSR count). The summed E-state index contributed by atoms with van der Waals surface area (Å²) in [6.07, 6.45) is 0. The van der Waals surface area contributed by atoms with Gasteiger partial charge in [0, 0.05) is 5.56 Å². The van der Waals surface area contributed by atoms with Crippen LogP contribution in [0, 0.1) is 17.5 Å². The largest absolute Gasteiger partial charge is 0.306 e. The van der Waals surface area contributed by atoms with Crippen molar-refractivity contribution in [3.05, 3.63) is 70.0 Å². The van der Waals surface area contributed by atoms with Crippen molar-refractivity contribution in [3.63, 3.8) is 0 Å². The second-order valence-electron chi connectivity index (χ2n) is 4.30.